The van der Waals surface area contributed by atoms with Crippen LogP contribution in [0.15, 0.2) is 36.7 Å². The van der Waals surface area contributed by atoms with Crippen molar-refractivity contribution in [1.29, 1.82) is 0 Å². The summed E-state index contributed by atoms with van der Waals surface area (Å²) >= 11 is 0. The van der Waals surface area contributed by atoms with E-state index in [1.807, 2.05) is 0 Å². The molecule has 1 aliphatic rings. The number of benzene rings is 1. The molecule has 2 heteroatoms. The predicted octanol–water partition coefficient (Wildman–Crippen LogP) is 3.21. The molecule has 16 heavy (non-hydrogen) atoms. The quantitative estimate of drug-likeness (QED) is 0.762. The van der Waals surface area contributed by atoms with Crippen molar-refractivity contribution in [3.8, 4) is 0 Å². The van der Waals surface area contributed by atoms with Crippen molar-refractivity contribution in [2.45, 2.75) is 26.7 Å². The molecule has 0 bridgehead atoms. The first-order chi connectivity index (χ1) is 7.85. The molecule has 86 valence electrons. The third-order valence-electron chi connectivity index (χ3n) is 2.98. The molecule has 1 aliphatic heterocycles. The molecule has 1 aromatic carbocycles. The molecule has 0 N–H and O–H groups in total. The van der Waals surface area contributed by atoms with Gasteiger partial charge in [0.05, 0.1) is 6.67 Å². The molecule has 0 amide bonds. The Balaban J connectivity index is 2.12. The fourth-order valence-electron chi connectivity index (χ4n) is 2.14. The fraction of sp³-hybridized carbons (Fsp3) is 0.429. The van der Waals surface area contributed by atoms with Crippen molar-refractivity contribution < 1.29 is 0 Å². The second-order valence-electron chi connectivity index (χ2n) is 4.20. The number of anilines is 1. The summed E-state index contributed by atoms with van der Waals surface area (Å²) in [6.07, 6.45) is 6.67. The predicted molar refractivity (Wildman–Crippen MR) is 69.3 cm³/mol. The molecule has 1 heterocycles. The SMILES string of the molecule is CCCN1C=CN(c2ccccc2CC)C1. The van der Waals surface area contributed by atoms with Gasteiger partial charge in [0.25, 0.3) is 0 Å². The number of hydrogen-bond donors (Lipinski definition) is 0. The van der Waals surface area contributed by atoms with Crippen LogP contribution in [0.2, 0.25) is 0 Å². The largest absolute Gasteiger partial charge is 0.358 e. The minimum Gasteiger partial charge on any atom is -0.358 e. The number of aryl methyl sites for hydroxylation is 1. The van der Waals surface area contributed by atoms with Crippen molar-refractivity contribution in [3.63, 3.8) is 0 Å². The van der Waals surface area contributed by atoms with Crippen LogP contribution in [0.5, 0.6) is 0 Å². The van der Waals surface area contributed by atoms with E-state index in [1.165, 1.54) is 17.7 Å². The number of rotatable bonds is 4. The Morgan fingerprint density at radius 2 is 1.94 bits per heavy atom. The van der Waals surface area contributed by atoms with E-state index in [1.54, 1.807) is 0 Å². The van der Waals surface area contributed by atoms with Gasteiger partial charge in [0.15, 0.2) is 0 Å². The van der Waals surface area contributed by atoms with Crippen LogP contribution in [0, 0.1) is 0 Å². The van der Waals surface area contributed by atoms with Crippen LogP contribution < -0.4 is 4.90 Å². The fourth-order valence-corrected chi connectivity index (χ4v) is 2.14. The Morgan fingerprint density at radius 3 is 2.69 bits per heavy atom. The maximum Gasteiger partial charge on any atom is 0.0941 e. The first kappa shape index (κ1) is 11.1. The summed E-state index contributed by atoms with van der Waals surface area (Å²) in [6, 6.07) is 8.65. The zero-order chi connectivity index (χ0) is 11.4. The molecule has 0 saturated carbocycles. The van der Waals surface area contributed by atoms with Gasteiger partial charge in [-0.1, -0.05) is 32.0 Å². The highest BCUT2D eigenvalue weighted by Gasteiger charge is 2.14. The second-order valence-corrected chi connectivity index (χ2v) is 4.20. The van der Waals surface area contributed by atoms with Crippen molar-refractivity contribution in [2.24, 2.45) is 0 Å². The van der Waals surface area contributed by atoms with Crippen molar-refractivity contribution in [2.75, 3.05) is 18.1 Å². The van der Waals surface area contributed by atoms with Gasteiger partial charge in [0.2, 0.25) is 0 Å². The Morgan fingerprint density at radius 1 is 1.12 bits per heavy atom. The molecule has 2 rings (SSSR count). The van der Waals surface area contributed by atoms with Crippen molar-refractivity contribution in [3.05, 3.63) is 42.2 Å². The van der Waals surface area contributed by atoms with Gasteiger partial charge in [0.1, 0.15) is 0 Å². The molecule has 0 atom stereocenters. The molecule has 1 aromatic rings. The summed E-state index contributed by atoms with van der Waals surface area (Å²) in [7, 11) is 0. The minimum atomic E-state index is 0.991. The van der Waals surface area contributed by atoms with Crippen LogP contribution in [0.25, 0.3) is 0 Å². The van der Waals surface area contributed by atoms with Gasteiger partial charge >= 0.3 is 0 Å². The molecule has 0 aromatic heterocycles. The number of para-hydroxylation sites is 1. The topological polar surface area (TPSA) is 6.48 Å². The van der Waals surface area contributed by atoms with Crippen LogP contribution in [0.3, 0.4) is 0 Å². The Bertz CT molecular complexity index is 371. The smallest absolute Gasteiger partial charge is 0.0941 e. The summed E-state index contributed by atoms with van der Waals surface area (Å²) in [6.45, 7) is 6.56. The van der Waals surface area contributed by atoms with E-state index in [0.29, 0.717) is 0 Å². The monoisotopic (exact) mass is 216 g/mol. The van der Waals surface area contributed by atoms with Gasteiger partial charge in [-0.2, -0.15) is 0 Å². The first-order valence-corrected chi connectivity index (χ1v) is 6.12. The van der Waals surface area contributed by atoms with E-state index in [0.717, 1.165) is 19.6 Å². The molecule has 0 spiro atoms. The van der Waals surface area contributed by atoms with E-state index in [2.05, 4.69) is 60.3 Å². The molecular formula is C14H20N2. The number of nitrogens with zero attached hydrogens (tertiary/aromatic N) is 2. The zero-order valence-corrected chi connectivity index (χ0v) is 10.2. The van der Waals surface area contributed by atoms with Crippen LogP contribution in [-0.4, -0.2) is 18.1 Å². The van der Waals surface area contributed by atoms with Gasteiger partial charge in [-0.3, -0.25) is 0 Å². The summed E-state index contributed by atoms with van der Waals surface area (Å²) in [5, 5.41) is 0. The van der Waals surface area contributed by atoms with E-state index in [9.17, 15) is 0 Å². The molecule has 0 saturated heterocycles. The Labute approximate surface area is 98.2 Å². The second kappa shape index (κ2) is 5.06. The van der Waals surface area contributed by atoms with Gasteiger partial charge in [-0.15, -0.1) is 0 Å². The summed E-state index contributed by atoms with van der Waals surface area (Å²) in [5.74, 6) is 0. The summed E-state index contributed by atoms with van der Waals surface area (Å²) in [5.41, 5.74) is 2.77. The zero-order valence-electron chi connectivity index (χ0n) is 10.2. The highest BCUT2D eigenvalue weighted by Crippen LogP contribution is 2.24. The maximum atomic E-state index is 2.35. The Kier molecular flexibility index (Phi) is 3.50. The normalized spacial score (nSPS) is 14.9. The lowest BCUT2D eigenvalue weighted by Crippen LogP contribution is -2.26. The highest BCUT2D eigenvalue weighted by atomic mass is 15.3. The first-order valence-electron chi connectivity index (χ1n) is 6.12. The minimum absolute atomic E-state index is 0.991. The van der Waals surface area contributed by atoms with Gasteiger partial charge in [0, 0.05) is 24.6 Å². The van der Waals surface area contributed by atoms with Crippen molar-refractivity contribution >= 4 is 5.69 Å². The molecule has 0 aliphatic carbocycles. The summed E-state index contributed by atoms with van der Waals surface area (Å²) in [4.78, 5) is 4.68. The molecule has 0 radical (unpaired) electrons. The van der Waals surface area contributed by atoms with E-state index in [-0.39, 0.29) is 0 Å². The third-order valence-corrected chi connectivity index (χ3v) is 2.98. The lowest BCUT2D eigenvalue weighted by Gasteiger charge is -2.22. The van der Waals surface area contributed by atoms with E-state index >= 15 is 0 Å². The number of hydrogen-bond acceptors (Lipinski definition) is 2. The average Bonchev–Trinajstić information content (AvgIpc) is 2.78. The molecular weight excluding hydrogens is 196 g/mol. The molecule has 0 unspecified atom stereocenters. The van der Waals surface area contributed by atoms with Crippen LogP contribution in [0.1, 0.15) is 25.8 Å². The van der Waals surface area contributed by atoms with Crippen LogP contribution in [-0.2, 0) is 6.42 Å². The van der Waals surface area contributed by atoms with Crippen molar-refractivity contribution in [1.82, 2.24) is 4.90 Å². The third kappa shape index (κ3) is 2.21. The van der Waals surface area contributed by atoms with Crippen LogP contribution >= 0.6 is 0 Å². The maximum absolute atomic E-state index is 2.35. The van der Waals surface area contributed by atoms with Gasteiger partial charge in [-0.05, 0) is 24.5 Å². The Hall–Kier alpha value is -1.44. The standard InChI is InChI=1S/C14H20N2/c1-3-9-15-10-11-16(12-15)14-8-6-5-7-13(14)4-2/h5-8,10-11H,3-4,9,12H2,1-2H3. The van der Waals surface area contributed by atoms with Crippen LogP contribution in [0.4, 0.5) is 5.69 Å². The lowest BCUT2D eigenvalue weighted by atomic mass is 10.1. The van der Waals surface area contributed by atoms with Gasteiger partial charge in [-0.25, -0.2) is 0 Å². The van der Waals surface area contributed by atoms with E-state index < -0.39 is 0 Å². The lowest BCUT2D eigenvalue weighted by molar-refractivity contribution is 0.406. The van der Waals surface area contributed by atoms with Gasteiger partial charge < -0.3 is 9.80 Å². The van der Waals surface area contributed by atoms with E-state index in [4.69, 9.17) is 0 Å². The average molecular weight is 216 g/mol. The highest BCUT2D eigenvalue weighted by molar-refractivity contribution is 5.56. The summed E-state index contributed by atoms with van der Waals surface area (Å²) < 4.78 is 0. The molecule has 2 nitrogen and oxygen atoms in total. The molecule has 0 fully saturated rings.